The van der Waals surface area contributed by atoms with Crippen LogP contribution in [0.1, 0.15) is 21.5 Å². The van der Waals surface area contributed by atoms with Crippen molar-refractivity contribution in [3.8, 4) is 0 Å². The molecule has 0 fully saturated rings. The van der Waals surface area contributed by atoms with Gasteiger partial charge in [-0.3, -0.25) is 9.10 Å². The largest absolute Gasteiger partial charge is 0.417 e. The van der Waals surface area contributed by atoms with Gasteiger partial charge in [-0.15, -0.1) is 0 Å². The van der Waals surface area contributed by atoms with Gasteiger partial charge in [-0.25, -0.2) is 8.42 Å². The van der Waals surface area contributed by atoms with Gasteiger partial charge in [0.05, 0.1) is 22.5 Å². The zero-order chi connectivity index (χ0) is 20.6. The summed E-state index contributed by atoms with van der Waals surface area (Å²) < 4.78 is 63.0. The van der Waals surface area contributed by atoms with E-state index in [1.165, 1.54) is 31.3 Å². The Kier molecular flexibility index (Phi) is 5.77. The van der Waals surface area contributed by atoms with Crippen LogP contribution in [0.4, 0.5) is 24.5 Å². The third-order valence-electron chi connectivity index (χ3n) is 3.83. The maximum Gasteiger partial charge on any atom is 0.417 e. The number of hydrogen-bond donors (Lipinski definition) is 1. The van der Waals surface area contributed by atoms with Crippen molar-refractivity contribution in [2.75, 3.05) is 22.9 Å². The minimum Gasteiger partial charge on any atom is -0.322 e. The lowest BCUT2D eigenvalue weighted by molar-refractivity contribution is -0.137. The van der Waals surface area contributed by atoms with Crippen molar-refractivity contribution in [3.63, 3.8) is 0 Å². The molecule has 5 nitrogen and oxygen atoms in total. The van der Waals surface area contributed by atoms with Crippen LogP contribution in [0.3, 0.4) is 0 Å². The number of nitrogens with one attached hydrogen (secondary N) is 1. The number of halogens is 4. The van der Waals surface area contributed by atoms with Gasteiger partial charge in [-0.2, -0.15) is 13.2 Å². The smallest absolute Gasteiger partial charge is 0.322 e. The molecule has 2 rings (SSSR count). The van der Waals surface area contributed by atoms with E-state index in [-0.39, 0.29) is 11.3 Å². The van der Waals surface area contributed by atoms with Crippen LogP contribution in [-0.4, -0.2) is 27.6 Å². The molecule has 0 aliphatic carbocycles. The first-order chi connectivity index (χ1) is 12.3. The molecule has 0 aliphatic heterocycles. The number of aryl methyl sites for hydroxylation is 1. The Bertz CT molecular complexity index is 991. The molecule has 0 aromatic heterocycles. The van der Waals surface area contributed by atoms with E-state index < -0.39 is 32.7 Å². The average molecular weight is 421 g/mol. The Morgan fingerprint density at radius 1 is 1.15 bits per heavy atom. The number of amides is 1. The van der Waals surface area contributed by atoms with Crippen molar-refractivity contribution >= 4 is 38.9 Å². The lowest BCUT2D eigenvalue weighted by Gasteiger charge is -2.19. The van der Waals surface area contributed by atoms with Gasteiger partial charge in [0.2, 0.25) is 10.0 Å². The SMILES string of the molecule is Cc1cc(C(=O)Nc2ccc(Cl)c(C(F)(F)F)c2)ccc1N(C)S(C)(=O)=O. The number of benzene rings is 2. The molecule has 1 N–H and O–H groups in total. The quantitative estimate of drug-likeness (QED) is 0.801. The third kappa shape index (κ3) is 4.92. The van der Waals surface area contributed by atoms with E-state index in [1.807, 2.05) is 0 Å². The van der Waals surface area contributed by atoms with Crippen molar-refractivity contribution < 1.29 is 26.4 Å². The van der Waals surface area contributed by atoms with Crippen LogP contribution < -0.4 is 9.62 Å². The highest BCUT2D eigenvalue weighted by Gasteiger charge is 2.33. The second-order valence-electron chi connectivity index (χ2n) is 5.88. The van der Waals surface area contributed by atoms with Gasteiger partial charge in [0.25, 0.3) is 5.91 Å². The number of hydrogen-bond acceptors (Lipinski definition) is 3. The molecule has 146 valence electrons. The summed E-state index contributed by atoms with van der Waals surface area (Å²) >= 11 is 5.55. The lowest BCUT2D eigenvalue weighted by Crippen LogP contribution is -2.25. The molecule has 0 saturated heterocycles. The summed E-state index contributed by atoms with van der Waals surface area (Å²) in [4.78, 5) is 12.3. The summed E-state index contributed by atoms with van der Waals surface area (Å²) in [5, 5.41) is 1.91. The molecular weight excluding hydrogens is 405 g/mol. The van der Waals surface area contributed by atoms with Crippen LogP contribution >= 0.6 is 11.6 Å². The Morgan fingerprint density at radius 3 is 2.30 bits per heavy atom. The number of carbonyl (C=O) groups excluding carboxylic acids is 1. The van der Waals surface area contributed by atoms with Crippen molar-refractivity contribution in [2.24, 2.45) is 0 Å². The van der Waals surface area contributed by atoms with E-state index in [2.05, 4.69) is 5.32 Å². The molecule has 1 amide bonds. The van der Waals surface area contributed by atoms with Crippen LogP contribution in [0.15, 0.2) is 36.4 Å². The summed E-state index contributed by atoms with van der Waals surface area (Å²) in [6.07, 6.45) is -3.60. The van der Waals surface area contributed by atoms with Crippen LogP contribution in [-0.2, 0) is 16.2 Å². The van der Waals surface area contributed by atoms with Gasteiger partial charge in [0, 0.05) is 18.3 Å². The molecule has 0 atom stereocenters. The number of alkyl halides is 3. The Labute approximate surface area is 159 Å². The molecule has 2 aromatic carbocycles. The molecule has 27 heavy (non-hydrogen) atoms. The number of carbonyl (C=O) groups is 1. The fourth-order valence-electron chi connectivity index (χ4n) is 2.35. The monoisotopic (exact) mass is 420 g/mol. The number of rotatable bonds is 4. The molecule has 10 heteroatoms. The van der Waals surface area contributed by atoms with E-state index in [9.17, 15) is 26.4 Å². The van der Waals surface area contributed by atoms with Gasteiger partial charge >= 0.3 is 6.18 Å². The fraction of sp³-hybridized carbons (Fsp3) is 0.235. The summed E-state index contributed by atoms with van der Waals surface area (Å²) in [6.45, 7) is 1.62. The number of nitrogens with zero attached hydrogens (tertiary/aromatic N) is 1. The minimum absolute atomic E-state index is 0.0632. The third-order valence-corrected chi connectivity index (χ3v) is 5.35. The lowest BCUT2D eigenvalue weighted by atomic mass is 10.1. The van der Waals surface area contributed by atoms with Crippen molar-refractivity contribution in [1.82, 2.24) is 0 Å². The first kappa shape index (κ1) is 21.0. The van der Waals surface area contributed by atoms with Crippen LogP contribution in [0, 0.1) is 6.92 Å². The topological polar surface area (TPSA) is 66.5 Å². The van der Waals surface area contributed by atoms with E-state index in [1.54, 1.807) is 6.92 Å². The molecule has 0 heterocycles. The minimum atomic E-state index is -4.65. The zero-order valence-electron chi connectivity index (χ0n) is 14.6. The molecule has 0 aliphatic rings. The zero-order valence-corrected chi connectivity index (χ0v) is 16.1. The summed E-state index contributed by atoms with van der Waals surface area (Å²) in [7, 11) is -2.09. The predicted molar refractivity (Wildman–Crippen MR) is 98.8 cm³/mol. The normalized spacial score (nSPS) is 12.0. The molecule has 0 bridgehead atoms. The second kappa shape index (κ2) is 7.40. The van der Waals surface area contributed by atoms with Crippen LogP contribution in [0.25, 0.3) is 0 Å². The molecule has 0 spiro atoms. The maximum atomic E-state index is 12.9. The van der Waals surface area contributed by atoms with E-state index in [0.717, 1.165) is 22.7 Å². The van der Waals surface area contributed by atoms with E-state index in [4.69, 9.17) is 11.6 Å². The predicted octanol–water partition coefficient (Wildman–Crippen LogP) is 4.32. The van der Waals surface area contributed by atoms with E-state index >= 15 is 0 Å². The summed E-state index contributed by atoms with van der Waals surface area (Å²) in [5.41, 5.74) is -0.0424. The Morgan fingerprint density at radius 2 is 1.78 bits per heavy atom. The van der Waals surface area contributed by atoms with Crippen LogP contribution in [0.2, 0.25) is 5.02 Å². The van der Waals surface area contributed by atoms with Crippen molar-refractivity contribution in [1.29, 1.82) is 0 Å². The second-order valence-corrected chi connectivity index (χ2v) is 8.30. The molecule has 2 aromatic rings. The summed E-state index contributed by atoms with van der Waals surface area (Å²) in [6, 6.07) is 7.35. The number of anilines is 2. The van der Waals surface area contributed by atoms with Gasteiger partial charge < -0.3 is 5.32 Å². The van der Waals surface area contributed by atoms with Gasteiger partial charge in [0.1, 0.15) is 0 Å². The molecule has 0 radical (unpaired) electrons. The number of sulfonamides is 1. The van der Waals surface area contributed by atoms with Crippen LogP contribution in [0.5, 0.6) is 0 Å². The first-order valence-corrected chi connectivity index (χ1v) is 9.76. The highest BCUT2D eigenvalue weighted by Crippen LogP contribution is 2.36. The summed E-state index contributed by atoms with van der Waals surface area (Å²) in [5.74, 6) is -0.637. The van der Waals surface area contributed by atoms with E-state index in [0.29, 0.717) is 11.3 Å². The van der Waals surface area contributed by atoms with Gasteiger partial charge in [0.15, 0.2) is 0 Å². The molecular formula is C17H16ClF3N2O3S. The Balaban J connectivity index is 2.28. The fourth-order valence-corrected chi connectivity index (χ4v) is 3.14. The standard InChI is InChI=1S/C17H16ClF3N2O3S/c1-10-8-11(4-7-15(10)23(2)27(3,25)26)16(24)22-12-5-6-14(18)13(9-12)17(19,20)21/h4-9H,1-3H3,(H,22,24). The maximum absolute atomic E-state index is 12.9. The molecule has 0 saturated carbocycles. The Hall–Kier alpha value is -2.26. The van der Waals surface area contributed by atoms with Crippen molar-refractivity contribution in [3.05, 3.63) is 58.1 Å². The van der Waals surface area contributed by atoms with Crippen molar-refractivity contribution in [2.45, 2.75) is 13.1 Å². The van der Waals surface area contributed by atoms with Gasteiger partial charge in [-0.1, -0.05) is 11.6 Å². The van der Waals surface area contributed by atoms with Gasteiger partial charge in [-0.05, 0) is 48.9 Å². The molecule has 0 unspecified atom stereocenters. The average Bonchev–Trinajstić information content (AvgIpc) is 2.54. The highest BCUT2D eigenvalue weighted by molar-refractivity contribution is 7.92. The first-order valence-electron chi connectivity index (χ1n) is 7.53. The highest BCUT2D eigenvalue weighted by atomic mass is 35.5.